The number of rotatable bonds is 10. The zero-order valence-corrected chi connectivity index (χ0v) is 26.1. The summed E-state index contributed by atoms with van der Waals surface area (Å²) in [4.78, 5) is 0. The Kier molecular flexibility index (Phi) is 8.30. The SMILES string of the molecule is C=Cc1ccccc1[Si](O[Si](c1ccccc1)(c1ccccc1)c1ccccc1C=C)(c1ccccc1)c1ccccc1. The van der Waals surface area contributed by atoms with Gasteiger partial charge in [-0.25, -0.2) is 0 Å². The first-order valence-electron chi connectivity index (χ1n) is 14.6. The molecule has 0 N–H and O–H groups in total. The summed E-state index contributed by atoms with van der Waals surface area (Å²) in [5.74, 6) is 0. The van der Waals surface area contributed by atoms with Crippen LogP contribution in [-0.2, 0) is 4.12 Å². The van der Waals surface area contributed by atoms with E-state index in [1.54, 1.807) is 0 Å². The van der Waals surface area contributed by atoms with Crippen LogP contribution in [0.4, 0.5) is 0 Å². The fraction of sp³-hybridized carbons (Fsp3) is 0. The molecule has 0 bridgehead atoms. The summed E-state index contributed by atoms with van der Waals surface area (Å²) >= 11 is 0. The van der Waals surface area contributed by atoms with Gasteiger partial charge in [-0.05, 0) is 42.2 Å². The fourth-order valence-corrected chi connectivity index (χ4v) is 17.2. The third-order valence-corrected chi connectivity index (χ3v) is 17.6. The monoisotopic (exact) mass is 586 g/mol. The standard InChI is InChI=1S/C40H34OSi2/c1-3-33-21-17-19-31-39(33)42(35-23-9-5-10-24-35,36-25-11-6-12-26-36)41-43(37-27-13-7-14-28-37,38-29-15-8-16-30-38)40-32-20-18-22-34(40)4-2/h3-32H,1-2H2. The van der Waals surface area contributed by atoms with Gasteiger partial charge in [0.05, 0.1) is 0 Å². The second-order valence-corrected chi connectivity index (χ2v) is 17.4. The minimum atomic E-state index is -3.25. The van der Waals surface area contributed by atoms with Gasteiger partial charge in [0.2, 0.25) is 0 Å². The summed E-state index contributed by atoms with van der Waals surface area (Å²) in [6.07, 6.45) is 3.94. The molecule has 0 aliphatic heterocycles. The molecule has 6 rings (SSSR count). The van der Waals surface area contributed by atoms with Crippen LogP contribution in [0.15, 0.2) is 183 Å². The Morgan fingerprint density at radius 3 is 0.884 bits per heavy atom. The van der Waals surface area contributed by atoms with E-state index in [9.17, 15) is 0 Å². The van der Waals surface area contributed by atoms with Gasteiger partial charge in [0.25, 0.3) is 16.6 Å². The maximum Gasteiger partial charge on any atom is 0.279 e. The van der Waals surface area contributed by atoms with Gasteiger partial charge in [0.1, 0.15) is 0 Å². The minimum absolute atomic E-state index is 1.09. The maximum atomic E-state index is 8.41. The highest BCUT2D eigenvalue weighted by molar-refractivity contribution is 7.18. The summed E-state index contributed by atoms with van der Waals surface area (Å²) in [5.41, 5.74) is 2.17. The lowest BCUT2D eigenvalue weighted by Crippen LogP contribution is -2.81. The first-order chi connectivity index (χ1) is 21.2. The average molecular weight is 587 g/mol. The lowest BCUT2D eigenvalue weighted by Gasteiger charge is -2.44. The van der Waals surface area contributed by atoms with E-state index in [0.29, 0.717) is 0 Å². The predicted molar refractivity (Wildman–Crippen MR) is 189 cm³/mol. The summed E-state index contributed by atoms with van der Waals surface area (Å²) in [5, 5.41) is 7.13. The number of benzene rings is 6. The Balaban J connectivity index is 1.83. The number of hydrogen-bond acceptors (Lipinski definition) is 1. The zero-order chi connectivity index (χ0) is 29.5. The van der Waals surface area contributed by atoms with E-state index in [1.165, 1.54) is 31.1 Å². The smallest absolute Gasteiger partial charge is 0.279 e. The molecule has 0 atom stereocenters. The molecule has 0 spiro atoms. The Morgan fingerprint density at radius 2 is 0.605 bits per heavy atom. The van der Waals surface area contributed by atoms with Crippen LogP contribution in [0.3, 0.4) is 0 Å². The highest BCUT2D eigenvalue weighted by Gasteiger charge is 2.53. The largest absolute Gasteiger partial charge is 0.435 e. The topological polar surface area (TPSA) is 9.23 Å². The van der Waals surface area contributed by atoms with Gasteiger partial charge in [-0.15, -0.1) is 0 Å². The van der Waals surface area contributed by atoms with Gasteiger partial charge in [0, 0.05) is 0 Å². The van der Waals surface area contributed by atoms with Crippen molar-refractivity contribution in [2.45, 2.75) is 0 Å². The molecule has 0 aliphatic carbocycles. The molecule has 0 saturated carbocycles. The van der Waals surface area contributed by atoms with Gasteiger partial charge in [-0.2, -0.15) is 0 Å². The van der Waals surface area contributed by atoms with Crippen molar-refractivity contribution in [2.24, 2.45) is 0 Å². The molecule has 3 heteroatoms. The van der Waals surface area contributed by atoms with E-state index in [1.807, 2.05) is 12.2 Å². The third-order valence-electron chi connectivity index (χ3n) is 8.15. The van der Waals surface area contributed by atoms with Crippen LogP contribution in [0.25, 0.3) is 12.2 Å². The van der Waals surface area contributed by atoms with Gasteiger partial charge in [-0.3, -0.25) is 0 Å². The van der Waals surface area contributed by atoms with Crippen molar-refractivity contribution in [2.75, 3.05) is 0 Å². The second kappa shape index (κ2) is 12.6. The van der Waals surface area contributed by atoms with E-state index in [-0.39, 0.29) is 0 Å². The molecule has 0 fully saturated rings. The van der Waals surface area contributed by atoms with E-state index in [2.05, 4.69) is 183 Å². The van der Waals surface area contributed by atoms with Crippen molar-refractivity contribution < 1.29 is 4.12 Å². The lowest BCUT2D eigenvalue weighted by atomic mass is 10.2. The van der Waals surface area contributed by atoms with Crippen LogP contribution >= 0.6 is 0 Å². The molecule has 6 aromatic rings. The van der Waals surface area contributed by atoms with Crippen molar-refractivity contribution in [1.82, 2.24) is 0 Å². The van der Waals surface area contributed by atoms with Crippen LogP contribution in [0.5, 0.6) is 0 Å². The Morgan fingerprint density at radius 1 is 0.349 bits per heavy atom. The molecule has 0 heterocycles. The van der Waals surface area contributed by atoms with E-state index in [4.69, 9.17) is 4.12 Å². The van der Waals surface area contributed by atoms with Gasteiger partial charge in [-0.1, -0.05) is 195 Å². The summed E-state index contributed by atoms with van der Waals surface area (Å²) in [7, 11) is -6.51. The Labute approximate surface area is 257 Å². The van der Waals surface area contributed by atoms with Crippen LogP contribution in [0.1, 0.15) is 11.1 Å². The highest BCUT2D eigenvalue weighted by Crippen LogP contribution is 2.22. The van der Waals surface area contributed by atoms with Crippen LogP contribution < -0.4 is 31.1 Å². The molecule has 0 aliphatic rings. The van der Waals surface area contributed by atoms with Crippen molar-refractivity contribution in [1.29, 1.82) is 0 Å². The van der Waals surface area contributed by atoms with Gasteiger partial charge >= 0.3 is 0 Å². The van der Waals surface area contributed by atoms with Crippen LogP contribution in [0.2, 0.25) is 0 Å². The highest BCUT2D eigenvalue weighted by atomic mass is 28.4. The number of hydrogen-bond donors (Lipinski definition) is 0. The van der Waals surface area contributed by atoms with Crippen molar-refractivity contribution in [3.63, 3.8) is 0 Å². The molecule has 0 unspecified atom stereocenters. The first-order valence-corrected chi connectivity index (χ1v) is 18.4. The Hall–Kier alpha value is -4.81. The van der Waals surface area contributed by atoms with Crippen molar-refractivity contribution >= 4 is 59.9 Å². The van der Waals surface area contributed by atoms with Crippen LogP contribution in [0, 0.1) is 0 Å². The Bertz CT molecular complexity index is 1600. The summed E-state index contributed by atoms with van der Waals surface area (Å²) in [6.45, 7) is 8.51. The molecule has 0 saturated heterocycles. The second-order valence-electron chi connectivity index (χ2n) is 10.5. The normalized spacial score (nSPS) is 11.5. The molecule has 0 amide bonds. The van der Waals surface area contributed by atoms with Gasteiger partial charge in [0.15, 0.2) is 0 Å². The van der Waals surface area contributed by atoms with Gasteiger partial charge < -0.3 is 4.12 Å². The molecule has 0 aromatic heterocycles. The van der Waals surface area contributed by atoms with E-state index >= 15 is 0 Å². The summed E-state index contributed by atoms with van der Waals surface area (Å²) in [6, 6.07) is 60.6. The van der Waals surface area contributed by atoms with E-state index in [0.717, 1.165) is 11.1 Å². The molecule has 1 nitrogen and oxygen atoms in total. The fourth-order valence-electron chi connectivity index (χ4n) is 6.21. The van der Waals surface area contributed by atoms with E-state index < -0.39 is 16.6 Å². The molecule has 0 radical (unpaired) electrons. The summed E-state index contributed by atoms with van der Waals surface area (Å²) < 4.78 is 8.41. The lowest BCUT2D eigenvalue weighted by molar-refractivity contribution is 0.600. The zero-order valence-electron chi connectivity index (χ0n) is 24.1. The molecule has 43 heavy (non-hydrogen) atoms. The maximum absolute atomic E-state index is 8.41. The molecule has 6 aromatic carbocycles. The van der Waals surface area contributed by atoms with Crippen molar-refractivity contribution in [3.8, 4) is 0 Å². The molecular weight excluding hydrogens is 553 g/mol. The first kappa shape index (κ1) is 28.3. The minimum Gasteiger partial charge on any atom is -0.435 e. The molecule has 208 valence electrons. The van der Waals surface area contributed by atoms with Crippen molar-refractivity contribution in [3.05, 3.63) is 194 Å². The predicted octanol–water partition coefficient (Wildman–Crippen LogP) is 5.62. The quantitative estimate of drug-likeness (QED) is 0.150. The van der Waals surface area contributed by atoms with Crippen LogP contribution in [-0.4, -0.2) is 16.6 Å². The average Bonchev–Trinajstić information content (AvgIpc) is 3.11. The third kappa shape index (κ3) is 5.08. The molecular formula is C40H34OSi2.